The zero-order valence-corrected chi connectivity index (χ0v) is 17.5. The number of hydrogen-bond donors (Lipinski definition) is 3. The topological polar surface area (TPSA) is 52.5 Å². The van der Waals surface area contributed by atoms with E-state index in [1.807, 2.05) is 18.2 Å². The number of halogens is 1. The minimum absolute atomic E-state index is 0.0935. The molecule has 3 nitrogen and oxygen atoms in total. The number of aliphatic hydroxyl groups excluding tert-OH is 2. The quantitative estimate of drug-likeness (QED) is 0.486. The van der Waals surface area contributed by atoms with E-state index in [-0.39, 0.29) is 19.3 Å². The Morgan fingerprint density at radius 3 is 2.28 bits per heavy atom. The third kappa shape index (κ3) is 5.68. The lowest BCUT2D eigenvalue weighted by molar-refractivity contribution is 0.170. The highest BCUT2D eigenvalue weighted by atomic mass is 35.5. The van der Waals surface area contributed by atoms with E-state index in [9.17, 15) is 0 Å². The summed E-state index contributed by atoms with van der Waals surface area (Å²) in [6, 6.07) is 22.7. The molecule has 0 aromatic heterocycles. The maximum Gasteiger partial charge on any atom is 0.0607 e. The summed E-state index contributed by atoms with van der Waals surface area (Å²) in [6.07, 6.45) is 1.81. The standard InChI is InChI=1S/C25H28ClNO2/c1-18-20(8-5-9-24(18)21-6-3-2-4-7-21)12-13-22-11-10-19(14-25(22)26)15-27-23(16-28)17-29/h2-11,14,23,27-29H,12-13,15-17H2,1H3. The van der Waals surface area contributed by atoms with E-state index in [0.29, 0.717) is 6.54 Å². The Bertz CT molecular complexity index is 923. The first kappa shape index (κ1) is 21.5. The van der Waals surface area contributed by atoms with Crippen molar-refractivity contribution < 1.29 is 10.2 Å². The maximum absolute atomic E-state index is 9.15. The van der Waals surface area contributed by atoms with Gasteiger partial charge >= 0.3 is 0 Å². The van der Waals surface area contributed by atoms with Crippen molar-refractivity contribution in [2.24, 2.45) is 0 Å². The Balaban J connectivity index is 1.67. The Morgan fingerprint density at radius 1 is 0.862 bits per heavy atom. The molecule has 0 radical (unpaired) electrons. The largest absolute Gasteiger partial charge is 0.395 e. The van der Waals surface area contributed by atoms with Crippen LogP contribution in [0.25, 0.3) is 11.1 Å². The first-order valence-electron chi connectivity index (χ1n) is 9.98. The number of hydrogen-bond acceptors (Lipinski definition) is 3. The Hall–Kier alpha value is -2.17. The van der Waals surface area contributed by atoms with Gasteiger partial charge < -0.3 is 15.5 Å². The monoisotopic (exact) mass is 409 g/mol. The molecule has 4 heteroatoms. The predicted molar refractivity (Wildman–Crippen MR) is 120 cm³/mol. The van der Waals surface area contributed by atoms with Crippen LogP contribution in [0.5, 0.6) is 0 Å². The summed E-state index contributed by atoms with van der Waals surface area (Å²) in [5.74, 6) is 0. The summed E-state index contributed by atoms with van der Waals surface area (Å²) in [6.45, 7) is 2.56. The normalized spacial score (nSPS) is 11.2. The summed E-state index contributed by atoms with van der Waals surface area (Å²) in [4.78, 5) is 0. The molecule has 0 heterocycles. The second kappa shape index (κ2) is 10.6. The Morgan fingerprint density at radius 2 is 1.59 bits per heavy atom. The summed E-state index contributed by atoms with van der Waals surface area (Å²) in [7, 11) is 0. The van der Waals surface area contributed by atoms with Gasteiger partial charge in [0.1, 0.15) is 0 Å². The highest BCUT2D eigenvalue weighted by Gasteiger charge is 2.09. The van der Waals surface area contributed by atoms with Gasteiger partial charge in [0.05, 0.1) is 19.3 Å². The summed E-state index contributed by atoms with van der Waals surface area (Å²) >= 11 is 6.52. The molecular formula is C25H28ClNO2. The van der Waals surface area contributed by atoms with E-state index in [4.69, 9.17) is 21.8 Å². The Kier molecular flexibility index (Phi) is 7.84. The molecule has 0 unspecified atom stereocenters. The molecule has 29 heavy (non-hydrogen) atoms. The molecule has 0 amide bonds. The molecular weight excluding hydrogens is 382 g/mol. The lowest BCUT2D eigenvalue weighted by Gasteiger charge is -2.15. The van der Waals surface area contributed by atoms with Crippen molar-refractivity contribution in [1.82, 2.24) is 5.32 Å². The molecule has 0 fully saturated rings. The smallest absolute Gasteiger partial charge is 0.0607 e. The van der Waals surface area contributed by atoms with Gasteiger partial charge in [-0.15, -0.1) is 0 Å². The van der Waals surface area contributed by atoms with Gasteiger partial charge in [-0.2, -0.15) is 0 Å². The first-order chi connectivity index (χ1) is 14.1. The molecule has 3 aromatic rings. The van der Waals surface area contributed by atoms with E-state index >= 15 is 0 Å². The second-order valence-electron chi connectivity index (χ2n) is 7.32. The van der Waals surface area contributed by atoms with Crippen LogP contribution in [0.1, 0.15) is 22.3 Å². The van der Waals surface area contributed by atoms with Crippen LogP contribution in [0, 0.1) is 6.92 Å². The van der Waals surface area contributed by atoms with E-state index in [0.717, 1.165) is 29.0 Å². The maximum atomic E-state index is 9.15. The fraction of sp³-hybridized carbons (Fsp3) is 0.280. The number of rotatable bonds is 9. The third-order valence-corrected chi connectivity index (χ3v) is 5.70. The van der Waals surface area contributed by atoms with Crippen LogP contribution < -0.4 is 5.32 Å². The van der Waals surface area contributed by atoms with Crippen LogP contribution in [0.2, 0.25) is 5.02 Å². The van der Waals surface area contributed by atoms with Gasteiger partial charge in [-0.25, -0.2) is 0 Å². The fourth-order valence-corrected chi connectivity index (χ4v) is 3.80. The van der Waals surface area contributed by atoms with Crippen LogP contribution in [0.4, 0.5) is 0 Å². The van der Waals surface area contributed by atoms with Crippen LogP contribution >= 0.6 is 11.6 Å². The van der Waals surface area contributed by atoms with Crippen molar-refractivity contribution in [3.63, 3.8) is 0 Å². The van der Waals surface area contributed by atoms with Gasteiger partial charge in [0, 0.05) is 11.6 Å². The van der Waals surface area contributed by atoms with Crippen LogP contribution in [0.3, 0.4) is 0 Å². The van der Waals surface area contributed by atoms with Crippen molar-refractivity contribution in [2.75, 3.05) is 13.2 Å². The van der Waals surface area contributed by atoms with Crippen molar-refractivity contribution >= 4 is 11.6 Å². The fourth-order valence-electron chi connectivity index (χ4n) is 3.51. The predicted octanol–water partition coefficient (Wildman–Crippen LogP) is 4.54. The van der Waals surface area contributed by atoms with Gasteiger partial charge in [-0.3, -0.25) is 0 Å². The second-order valence-corrected chi connectivity index (χ2v) is 7.73. The average molecular weight is 410 g/mol. The Labute approximate surface area is 178 Å². The molecule has 0 spiro atoms. The summed E-state index contributed by atoms with van der Waals surface area (Å²) < 4.78 is 0. The highest BCUT2D eigenvalue weighted by molar-refractivity contribution is 6.31. The lowest BCUT2D eigenvalue weighted by atomic mass is 9.93. The molecule has 0 bridgehead atoms. The molecule has 0 saturated heterocycles. The molecule has 0 aliphatic rings. The molecule has 0 saturated carbocycles. The van der Waals surface area contributed by atoms with Crippen molar-refractivity contribution in [2.45, 2.75) is 32.4 Å². The average Bonchev–Trinajstić information content (AvgIpc) is 2.75. The molecule has 0 atom stereocenters. The van der Waals surface area contributed by atoms with Gasteiger partial charge in [0.25, 0.3) is 0 Å². The molecule has 3 N–H and O–H groups in total. The van der Waals surface area contributed by atoms with Crippen molar-refractivity contribution in [1.29, 1.82) is 0 Å². The van der Waals surface area contributed by atoms with Gasteiger partial charge in [0.2, 0.25) is 0 Å². The number of aryl methyl sites for hydroxylation is 2. The van der Waals surface area contributed by atoms with E-state index in [1.165, 1.54) is 22.3 Å². The van der Waals surface area contributed by atoms with E-state index < -0.39 is 0 Å². The molecule has 0 aliphatic carbocycles. The summed E-state index contributed by atoms with van der Waals surface area (Å²) in [5, 5.41) is 22.2. The van der Waals surface area contributed by atoms with Crippen molar-refractivity contribution in [3.8, 4) is 11.1 Å². The van der Waals surface area contributed by atoms with E-state index in [2.05, 4.69) is 60.8 Å². The first-order valence-corrected chi connectivity index (χ1v) is 10.4. The molecule has 0 aliphatic heterocycles. The van der Waals surface area contributed by atoms with Crippen LogP contribution in [-0.2, 0) is 19.4 Å². The molecule has 3 rings (SSSR count). The third-order valence-electron chi connectivity index (χ3n) is 5.35. The number of nitrogens with one attached hydrogen (secondary N) is 1. The lowest BCUT2D eigenvalue weighted by Crippen LogP contribution is -2.35. The minimum atomic E-state index is -0.312. The van der Waals surface area contributed by atoms with Crippen LogP contribution in [0.15, 0.2) is 66.7 Å². The van der Waals surface area contributed by atoms with E-state index in [1.54, 1.807) is 0 Å². The van der Waals surface area contributed by atoms with Gasteiger partial charge in [-0.1, -0.05) is 72.3 Å². The van der Waals surface area contributed by atoms with Crippen LogP contribution in [-0.4, -0.2) is 29.5 Å². The zero-order valence-electron chi connectivity index (χ0n) is 16.7. The molecule has 3 aromatic carbocycles. The highest BCUT2D eigenvalue weighted by Crippen LogP contribution is 2.27. The zero-order chi connectivity index (χ0) is 20.6. The molecule has 152 valence electrons. The van der Waals surface area contributed by atoms with Crippen molar-refractivity contribution in [3.05, 3.63) is 94.0 Å². The minimum Gasteiger partial charge on any atom is -0.395 e. The number of aliphatic hydroxyl groups is 2. The van der Waals surface area contributed by atoms with Gasteiger partial charge in [0.15, 0.2) is 0 Å². The summed E-state index contributed by atoms with van der Waals surface area (Å²) in [5.41, 5.74) is 7.33. The number of benzene rings is 3. The van der Waals surface area contributed by atoms with Gasteiger partial charge in [-0.05, 0) is 59.2 Å². The SMILES string of the molecule is Cc1c(CCc2ccc(CNC(CO)CO)cc2Cl)cccc1-c1ccccc1.